The van der Waals surface area contributed by atoms with E-state index < -0.39 is 0 Å². The van der Waals surface area contributed by atoms with Crippen molar-refractivity contribution in [1.29, 1.82) is 0 Å². The monoisotopic (exact) mass is 295 g/mol. The van der Waals surface area contributed by atoms with E-state index in [4.69, 9.17) is 5.73 Å². The van der Waals surface area contributed by atoms with Crippen molar-refractivity contribution in [2.75, 3.05) is 0 Å². The maximum atomic E-state index is 6.63. The van der Waals surface area contributed by atoms with Gasteiger partial charge >= 0.3 is 0 Å². The fourth-order valence-electron chi connectivity index (χ4n) is 3.61. The summed E-state index contributed by atoms with van der Waals surface area (Å²) in [7, 11) is 0. The molecule has 2 aliphatic carbocycles. The molecule has 0 radical (unpaired) electrons. The molecule has 0 aromatic heterocycles. The number of hydrogen-bond acceptors (Lipinski definition) is 1. The molecule has 0 bridgehead atoms. The van der Waals surface area contributed by atoms with E-state index in [2.05, 4.69) is 71.9 Å². The lowest BCUT2D eigenvalue weighted by molar-refractivity contribution is 0.287. The molecule has 1 aromatic carbocycles. The van der Waals surface area contributed by atoms with Crippen molar-refractivity contribution >= 4 is 5.57 Å². The molecule has 0 saturated heterocycles. The highest BCUT2D eigenvalue weighted by atomic mass is 14.7. The molecule has 22 heavy (non-hydrogen) atoms. The molecule has 1 aromatic rings. The van der Waals surface area contributed by atoms with Crippen molar-refractivity contribution in [3.8, 4) is 0 Å². The van der Waals surface area contributed by atoms with Crippen LogP contribution in [0.5, 0.6) is 0 Å². The summed E-state index contributed by atoms with van der Waals surface area (Å²) in [4.78, 5) is 0. The van der Waals surface area contributed by atoms with Gasteiger partial charge in [-0.25, -0.2) is 0 Å². The highest BCUT2D eigenvalue weighted by Crippen LogP contribution is 2.48. The second kappa shape index (κ2) is 4.83. The average Bonchev–Trinajstić information content (AvgIpc) is 2.70. The van der Waals surface area contributed by atoms with E-state index in [0.717, 1.165) is 6.42 Å². The van der Waals surface area contributed by atoms with Crippen molar-refractivity contribution in [1.82, 2.24) is 0 Å². The zero-order chi connectivity index (χ0) is 16.3. The Morgan fingerprint density at radius 3 is 2.32 bits per heavy atom. The molecule has 118 valence electrons. The van der Waals surface area contributed by atoms with Crippen LogP contribution in [-0.4, -0.2) is 0 Å². The molecule has 0 spiro atoms. The van der Waals surface area contributed by atoms with Crippen LogP contribution in [0.2, 0.25) is 0 Å². The van der Waals surface area contributed by atoms with Gasteiger partial charge < -0.3 is 5.73 Å². The molecule has 2 aliphatic rings. The molecular formula is C21H29N. The summed E-state index contributed by atoms with van der Waals surface area (Å²) in [5.74, 6) is 0.577. The van der Waals surface area contributed by atoms with Crippen LogP contribution in [-0.2, 0) is 5.41 Å². The molecule has 3 rings (SSSR count). The Labute approximate surface area is 135 Å². The smallest absolute Gasteiger partial charge is 0.0526 e. The summed E-state index contributed by atoms with van der Waals surface area (Å²) >= 11 is 0. The normalized spacial score (nSPS) is 24.5. The standard InChI is InChI=1S/C21H29N/c1-20(2,3)13-7-9-15-16-10-8-14(21(4,5)6)12-18(16)19(22)17(15)11-13/h7-11,14,19H,12,22H2,1-6H3. The van der Waals surface area contributed by atoms with E-state index in [1.54, 1.807) is 0 Å². The number of rotatable bonds is 0. The topological polar surface area (TPSA) is 26.0 Å². The van der Waals surface area contributed by atoms with E-state index in [-0.39, 0.29) is 11.5 Å². The number of allylic oxidation sites excluding steroid dienone is 3. The van der Waals surface area contributed by atoms with E-state index in [0.29, 0.717) is 11.3 Å². The third-order valence-corrected chi connectivity index (χ3v) is 5.31. The number of hydrogen-bond donors (Lipinski definition) is 1. The molecule has 1 nitrogen and oxygen atoms in total. The highest BCUT2D eigenvalue weighted by Gasteiger charge is 2.35. The second-order valence-corrected chi connectivity index (χ2v) is 9.00. The van der Waals surface area contributed by atoms with E-state index >= 15 is 0 Å². The molecule has 0 heterocycles. The first-order valence-electron chi connectivity index (χ1n) is 8.40. The Hall–Kier alpha value is -1.34. The van der Waals surface area contributed by atoms with Gasteiger partial charge in [-0.3, -0.25) is 0 Å². The van der Waals surface area contributed by atoms with Gasteiger partial charge in [0.05, 0.1) is 6.04 Å². The average molecular weight is 295 g/mol. The summed E-state index contributed by atoms with van der Waals surface area (Å²) in [5, 5.41) is 0. The Bertz CT molecular complexity index is 662. The highest BCUT2D eigenvalue weighted by molar-refractivity contribution is 5.85. The summed E-state index contributed by atoms with van der Waals surface area (Å²) in [6.07, 6.45) is 5.80. The van der Waals surface area contributed by atoms with Crippen LogP contribution in [0, 0.1) is 11.3 Å². The Morgan fingerprint density at radius 2 is 1.73 bits per heavy atom. The largest absolute Gasteiger partial charge is 0.320 e. The predicted octanol–water partition coefficient (Wildman–Crippen LogP) is 5.37. The molecule has 0 amide bonds. The lowest BCUT2D eigenvalue weighted by atomic mass is 9.73. The molecule has 2 N–H and O–H groups in total. The fourth-order valence-corrected chi connectivity index (χ4v) is 3.61. The van der Waals surface area contributed by atoms with Gasteiger partial charge in [-0.05, 0) is 51.0 Å². The summed E-state index contributed by atoms with van der Waals surface area (Å²) in [6.45, 7) is 13.7. The first-order chi connectivity index (χ1) is 10.1. The van der Waals surface area contributed by atoms with Crippen LogP contribution in [0.4, 0.5) is 0 Å². The second-order valence-electron chi connectivity index (χ2n) is 9.00. The van der Waals surface area contributed by atoms with Gasteiger partial charge in [-0.2, -0.15) is 0 Å². The van der Waals surface area contributed by atoms with Crippen LogP contribution in [0.25, 0.3) is 5.57 Å². The van der Waals surface area contributed by atoms with Crippen molar-refractivity contribution in [3.63, 3.8) is 0 Å². The van der Waals surface area contributed by atoms with Gasteiger partial charge in [0.25, 0.3) is 0 Å². The first kappa shape index (κ1) is 15.6. The minimum absolute atomic E-state index is 0.0714. The summed E-state index contributed by atoms with van der Waals surface area (Å²) in [6, 6.07) is 6.95. The maximum absolute atomic E-state index is 6.63. The fraction of sp³-hybridized carbons (Fsp3) is 0.524. The third-order valence-electron chi connectivity index (χ3n) is 5.31. The van der Waals surface area contributed by atoms with Crippen LogP contribution in [0.1, 0.15) is 70.7 Å². The quantitative estimate of drug-likeness (QED) is 0.684. The molecular weight excluding hydrogens is 266 g/mol. The predicted molar refractivity (Wildman–Crippen MR) is 95.7 cm³/mol. The lowest BCUT2D eigenvalue weighted by Gasteiger charge is -2.32. The van der Waals surface area contributed by atoms with Crippen molar-refractivity contribution in [2.24, 2.45) is 17.1 Å². The Balaban J connectivity index is 1.99. The van der Waals surface area contributed by atoms with Crippen molar-refractivity contribution < 1.29 is 0 Å². The Morgan fingerprint density at radius 1 is 1.05 bits per heavy atom. The van der Waals surface area contributed by atoms with Crippen LogP contribution in [0.15, 0.2) is 35.9 Å². The van der Waals surface area contributed by atoms with Crippen LogP contribution >= 0.6 is 0 Å². The van der Waals surface area contributed by atoms with Gasteiger partial charge in [-0.1, -0.05) is 71.9 Å². The van der Waals surface area contributed by atoms with Gasteiger partial charge in [0.1, 0.15) is 0 Å². The van der Waals surface area contributed by atoms with E-state index in [1.807, 2.05) is 0 Å². The zero-order valence-electron chi connectivity index (χ0n) is 14.8. The molecule has 2 atom stereocenters. The van der Waals surface area contributed by atoms with Gasteiger partial charge in [0.2, 0.25) is 0 Å². The molecule has 1 heteroatoms. The van der Waals surface area contributed by atoms with E-state index in [9.17, 15) is 0 Å². The number of nitrogens with two attached hydrogens (primary N) is 1. The van der Waals surface area contributed by atoms with Crippen molar-refractivity contribution in [2.45, 2.75) is 59.4 Å². The number of benzene rings is 1. The molecule has 0 aliphatic heterocycles. The lowest BCUT2D eigenvalue weighted by Crippen LogP contribution is -2.23. The third kappa shape index (κ3) is 2.46. The molecule has 2 unspecified atom stereocenters. The molecule has 0 fully saturated rings. The first-order valence-corrected chi connectivity index (χ1v) is 8.40. The van der Waals surface area contributed by atoms with Gasteiger partial charge in [0.15, 0.2) is 0 Å². The SMILES string of the molecule is CC(C)(C)c1ccc2c(c1)C(N)C1=C2C=CC(C(C)(C)C)C1. The Kier molecular flexibility index (Phi) is 3.41. The zero-order valence-corrected chi connectivity index (χ0v) is 14.8. The van der Waals surface area contributed by atoms with Crippen LogP contribution in [0.3, 0.4) is 0 Å². The maximum Gasteiger partial charge on any atom is 0.0526 e. The van der Waals surface area contributed by atoms with Crippen molar-refractivity contribution in [3.05, 3.63) is 52.6 Å². The minimum Gasteiger partial charge on any atom is -0.320 e. The molecule has 0 saturated carbocycles. The van der Waals surface area contributed by atoms with Gasteiger partial charge in [0, 0.05) is 0 Å². The number of fused-ring (bicyclic) bond motifs is 2. The van der Waals surface area contributed by atoms with Gasteiger partial charge in [-0.15, -0.1) is 0 Å². The minimum atomic E-state index is 0.0714. The summed E-state index contributed by atoms with van der Waals surface area (Å²) in [5.41, 5.74) is 13.9. The van der Waals surface area contributed by atoms with E-state index in [1.165, 1.54) is 27.8 Å². The summed E-state index contributed by atoms with van der Waals surface area (Å²) < 4.78 is 0. The van der Waals surface area contributed by atoms with Crippen LogP contribution < -0.4 is 5.73 Å².